The van der Waals surface area contributed by atoms with Crippen LogP contribution >= 0.6 is 12.4 Å². The van der Waals surface area contributed by atoms with Crippen molar-refractivity contribution in [1.82, 2.24) is 4.90 Å². The molecule has 0 saturated carbocycles. The van der Waals surface area contributed by atoms with Crippen molar-refractivity contribution in [3.05, 3.63) is 60.2 Å². The van der Waals surface area contributed by atoms with Gasteiger partial charge < -0.3 is 10.6 Å². The van der Waals surface area contributed by atoms with Crippen molar-refractivity contribution >= 4 is 34.0 Å². The zero-order valence-corrected chi connectivity index (χ0v) is 17.3. The average molecular weight is 412 g/mol. The Labute approximate surface area is 167 Å². The lowest BCUT2D eigenvalue weighted by Gasteiger charge is -2.29. The van der Waals surface area contributed by atoms with Gasteiger partial charge in [0.2, 0.25) is 0 Å². The first-order valence-corrected chi connectivity index (χ1v) is 9.76. The highest BCUT2D eigenvalue weighted by Gasteiger charge is 2.22. The number of nitrogens with one attached hydrogen (secondary N) is 1. The Morgan fingerprint density at radius 2 is 1.63 bits per heavy atom. The number of rotatable bonds is 7. The van der Waals surface area contributed by atoms with Crippen molar-refractivity contribution in [1.29, 1.82) is 0 Å². The molecule has 3 N–H and O–H groups in total. The molecule has 1 amide bonds. The second-order valence-corrected chi connectivity index (χ2v) is 8.71. The van der Waals surface area contributed by atoms with Gasteiger partial charge >= 0.3 is 0 Å². The summed E-state index contributed by atoms with van der Waals surface area (Å²) in [7, 11) is -1.92. The molecule has 0 atom stereocenters. The summed E-state index contributed by atoms with van der Waals surface area (Å²) in [6.07, 6.45) is 0. The van der Waals surface area contributed by atoms with E-state index in [1.54, 1.807) is 54.4 Å². The van der Waals surface area contributed by atoms with Gasteiger partial charge in [0, 0.05) is 24.8 Å². The Hall–Kier alpha value is -2.09. The number of carbonyl (C=O) groups excluding carboxylic acids is 1. The maximum Gasteiger partial charge on any atom is 0.261 e. The van der Waals surface area contributed by atoms with Crippen LogP contribution in [0.25, 0.3) is 0 Å². The van der Waals surface area contributed by atoms with E-state index >= 15 is 0 Å². The van der Waals surface area contributed by atoms with Gasteiger partial charge in [-0.2, -0.15) is 0 Å². The van der Waals surface area contributed by atoms with Crippen LogP contribution in [0.1, 0.15) is 24.2 Å². The number of nitrogens with two attached hydrogens (primary N) is 1. The molecule has 2 rings (SSSR count). The first-order valence-electron chi connectivity index (χ1n) is 8.28. The Morgan fingerprint density at radius 1 is 1.07 bits per heavy atom. The highest BCUT2D eigenvalue weighted by Crippen LogP contribution is 2.19. The van der Waals surface area contributed by atoms with Gasteiger partial charge in [-0.15, -0.1) is 12.4 Å². The van der Waals surface area contributed by atoms with E-state index in [4.69, 9.17) is 5.73 Å². The van der Waals surface area contributed by atoms with Crippen LogP contribution in [0.4, 0.5) is 5.69 Å². The van der Waals surface area contributed by atoms with E-state index in [2.05, 4.69) is 4.72 Å². The number of benzene rings is 2. The van der Waals surface area contributed by atoms with Crippen LogP contribution in [-0.2, 0) is 10.0 Å². The summed E-state index contributed by atoms with van der Waals surface area (Å²) < 4.78 is 27.1. The molecule has 0 aliphatic carbocycles. The number of carbonyl (C=O) groups is 1. The van der Waals surface area contributed by atoms with Crippen LogP contribution in [0.15, 0.2) is 59.5 Å². The molecule has 6 nitrogen and oxygen atoms in total. The average Bonchev–Trinajstić information content (AvgIpc) is 2.62. The molecular weight excluding hydrogens is 386 g/mol. The molecule has 0 fully saturated rings. The zero-order valence-electron chi connectivity index (χ0n) is 15.7. The summed E-state index contributed by atoms with van der Waals surface area (Å²) in [6, 6.07) is 14.5. The van der Waals surface area contributed by atoms with Crippen LogP contribution in [0.5, 0.6) is 0 Å². The van der Waals surface area contributed by atoms with Gasteiger partial charge in [-0.05, 0) is 48.4 Å². The lowest BCUT2D eigenvalue weighted by atomic mass is 9.93. The van der Waals surface area contributed by atoms with Crippen molar-refractivity contribution in [3.8, 4) is 0 Å². The maximum atomic E-state index is 12.5. The monoisotopic (exact) mass is 411 g/mol. The van der Waals surface area contributed by atoms with Crippen LogP contribution in [0, 0.1) is 5.41 Å². The van der Waals surface area contributed by atoms with E-state index in [1.165, 1.54) is 12.1 Å². The predicted octanol–water partition coefficient (Wildman–Crippen LogP) is 2.97. The molecule has 2 aromatic rings. The molecule has 0 unspecified atom stereocenters. The third-order valence-corrected chi connectivity index (χ3v) is 5.40. The van der Waals surface area contributed by atoms with E-state index in [0.29, 0.717) is 24.3 Å². The molecule has 2 aromatic carbocycles. The summed E-state index contributed by atoms with van der Waals surface area (Å²) in [5.74, 6) is -0.135. The third-order valence-electron chi connectivity index (χ3n) is 4.00. The van der Waals surface area contributed by atoms with Crippen molar-refractivity contribution in [2.24, 2.45) is 11.1 Å². The SMILES string of the molecule is CN(CC(C)(C)CN)C(=O)c1ccc(NS(=O)(=O)c2ccccc2)cc1.Cl. The number of nitrogens with zero attached hydrogens (tertiary/aromatic N) is 1. The summed E-state index contributed by atoms with van der Waals surface area (Å²) in [5, 5.41) is 0. The number of sulfonamides is 1. The topological polar surface area (TPSA) is 92.5 Å². The minimum Gasteiger partial charge on any atom is -0.341 e. The van der Waals surface area contributed by atoms with Gasteiger partial charge in [0.05, 0.1) is 4.90 Å². The van der Waals surface area contributed by atoms with E-state index in [0.717, 1.165) is 0 Å². The molecule has 0 heterocycles. The minimum absolute atomic E-state index is 0. The van der Waals surface area contributed by atoms with Gasteiger partial charge in [-0.3, -0.25) is 9.52 Å². The molecule has 0 aromatic heterocycles. The van der Waals surface area contributed by atoms with Crippen molar-refractivity contribution in [2.45, 2.75) is 18.7 Å². The largest absolute Gasteiger partial charge is 0.341 e. The quantitative estimate of drug-likeness (QED) is 0.732. The Kier molecular flexibility index (Phi) is 7.83. The van der Waals surface area contributed by atoms with E-state index in [-0.39, 0.29) is 28.6 Å². The fourth-order valence-electron chi connectivity index (χ4n) is 2.49. The number of anilines is 1. The molecule has 0 radical (unpaired) electrons. The summed E-state index contributed by atoms with van der Waals surface area (Å²) in [6.45, 7) is 5.01. The number of hydrogen-bond acceptors (Lipinski definition) is 4. The number of hydrogen-bond donors (Lipinski definition) is 2. The Balaban J connectivity index is 0.00000364. The molecule has 0 bridgehead atoms. The number of amides is 1. The molecule has 0 aliphatic rings. The first-order chi connectivity index (χ1) is 12.1. The predicted molar refractivity (Wildman–Crippen MR) is 111 cm³/mol. The van der Waals surface area contributed by atoms with Gasteiger partial charge in [-0.25, -0.2) is 8.42 Å². The zero-order chi connectivity index (χ0) is 19.4. The van der Waals surface area contributed by atoms with E-state index < -0.39 is 10.0 Å². The van der Waals surface area contributed by atoms with Gasteiger partial charge in [-0.1, -0.05) is 32.0 Å². The summed E-state index contributed by atoms with van der Waals surface area (Å²) >= 11 is 0. The van der Waals surface area contributed by atoms with E-state index in [9.17, 15) is 13.2 Å². The molecule has 0 saturated heterocycles. The molecule has 8 heteroatoms. The van der Waals surface area contributed by atoms with Gasteiger partial charge in [0.1, 0.15) is 0 Å². The van der Waals surface area contributed by atoms with E-state index in [1.807, 2.05) is 13.8 Å². The van der Waals surface area contributed by atoms with Crippen molar-refractivity contribution in [2.75, 3.05) is 24.9 Å². The third kappa shape index (κ3) is 6.23. The molecule has 0 spiro atoms. The number of halogens is 1. The second-order valence-electron chi connectivity index (χ2n) is 7.03. The van der Waals surface area contributed by atoms with Crippen molar-refractivity contribution in [3.63, 3.8) is 0 Å². The fraction of sp³-hybridized carbons (Fsp3) is 0.316. The Morgan fingerprint density at radius 3 is 2.15 bits per heavy atom. The van der Waals surface area contributed by atoms with Crippen LogP contribution in [0.3, 0.4) is 0 Å². The molecule has 27 heavy (non-hydrogen) atoms. The second kappa shape index (κ2) is 9.21. The van der Waals surface area contributed by atoms with Crippen molar-refractivity contribution < 1.29 is 13.2 Å². The summed E-state index contributed by atoms with van der Waals surface area (Å²) in [5.41, 5.74) is 6.43. The highest BCUT2D eigenvalue weighted by atomic mass is 35.5. The lowest BCUT2D eigenvalue weighted by molar-refractivity contribution is 0.0740. The van der Waals surface area contributed by atoms with Gasteiger partial charge in [0.15, 0.2) is 0 Å². The first kappa shape index (κ1) is 23.0. The standard InChI is InChI=1S/C19H25N3O3S.ClH/c1-19(2,13-20)14-22(3)18(23)15-9-11-16(12-10-15)21-26(24,25)17-7-5-4-6-8-17;/h4-12,21H,13-14,20H2,1-3H3;1H. The summed E-state index contributed by atoms with van der Waals surface area (Å²) in [4.78, 5) is 14.3. The lowest BCUT2D eigenvalue weighted by Crippen LogP contribution is -2.39. The highest BCUT2D eigenvalue weighted by molar-refractivity contribution is 7.92. The molecule has 0 aliphatic heterocycles. The van der Waals surface area contributed by atoms with Crippen LogP contribution in [0.2, 0.25) is 0 Å². The molecule has 148 valence electrons. The fourth-order valence-corrected chi connectivity index (χ4v) is 3.57. The normalized spacial score (nSPS) is 11.4. The maximum absolute atomic E-state index is 12.5. The van der Waals surface area contributed by atoms with Crippen LogP contribution in [-0.4, -0.2) is 39.4 Å². The van der Waals surface area contributed by atoms with Gasteiger partial charge in [0.25, 0.3) is 15.9 Å². The van der Waals surface area contributed by atoms with Crippen LogP contribution < -0.4 is 10.5 Å². The smallest absolute Gasteiger partial charge is 0.261 e. The minimum atomic E-state index is -3.65. The Bertz CT molecular complexity index is 854. The molecular formula is C19H26ClN3O3S.